The zero-order valence-electron chi connectivity index (χ0n) is 16.2. The highest BCUT2D eigenvalue weighted by Gasteiger charge is 2.13. The molecule has 146 valence electrons. The van der Waals surface area contributed by atoms with Crippen LogP contribution in [0.25, 0.3) is 10.8 Å². The topological polar surface area (TPSA) is 71.1 Å². The third kappa shape index (κ3) is 5.39. The van der Waals surface area contributed by atoms with Crippen molar-refractivity contribution in [2.75, 3.05) is 13.1 Å². The van der Waals surface area contributed by atoms with Gasteiger partial charge in [0.15, 0.2) is 0 Å². The van der Waals surface area contributed by atoms with E-state index < -0.39 is 0 Å². The average molecular weight is 396 g/mol. The van der Waals surface area contributed by atoms with Crippen LogP contribution >= 0.6 is 11.3 Å². The zero-order chi connectivity index (χ0) is 19.9. The van der Waals surface area contributed by atoms with Gasteiger partial charge < -0.3 is 10.6 Å². The van der Waals surface area contributed by atoms with E-state index >= 15 is 0 Å². The molecule has 3 rings (SSSR count). The quantitative estimate of drug-likeness (QED) is 0.575. The molecule has 1 aromatic heterocycles. The summed E-state index contributed by atoms with van der Waals surface area (Å²) in [4.78, 5) is 28.7. The summed E-state index contributed by atoms with van der Waals surface area (Å²) < 4.78 is 0. The van der Waals surface area contributed by atoms with Crippen LogP contribution in [0.5, 0.6) is 0 Å². The molecule has 6 heteroatoms. The van der Waals surface area contributed by atoms with Gasteiger partial charge in [0.05, 0.1) is 17.1 Å². The summed E-state index contributed by atoms with van der Waals surface area (Å²) in [6.07, 6.45) is 1.84. The fraction of sp³-hybridized carbons (Fsp3) is 0.318. The monoisotopic (exact) mass is 395 g/mol. The molecule has 0 unspecified atom stereocenters. The molecular formula is C22H25N3O2S. The zero-order valence-corrected chi connectivity index (χ0v) is 17.1. The van der Waals surface area contributed by atoms with Gasteiger partial charge in [-0.15, -0.1) is 11.3 Å². The molecule has 28 heavy (non-hydrogen) atoms. The van der Waals surface area contributed by atoms with Crippen LogP contribution in [-0.2, 0) is 22.4 Å². The minimum absolute atomic E-state index is 0.00807. The number of aryl methyl sites for hydroxylation is 1. The number of thiazole rings is 1. The van der Waals surface area contributed by atoms with Gasteiger partial charge in [-0.2, -0.15) is 0 Å². The Hall–Kier alpha value is -2.73. The summed E-state index contributed by atoms with van der Waals surface area (Å²) in [5, 5.41) is 9.13. The Labute approximate surface area is 169 Å². The Kier molecular flexibility index (Phi) is 6.76. The second-order valence-electron chi connectivity index (χ2n) is 6.79. The first-order valence-corrected chi connectivity index (χ1v) is 10.3. The number of carbonyl (C=O) groups is 2. The van der Waals surface area contributed by atoms with Crippen molar-refractivity contribution in [1.82, 2.24) is 15.6 Å². The maximum Gasteiger partial charge on any atom is 0.225 e. The van der Waals surface area contributed by atoms with Gasteiger partial charge in [-0.25, -0.2) is 4.98 Å². The highest BCUT2D eigenvalue weighted by atomic mass is 32.1. The van der Waals surface area contributed by atoms with Crippen molar-refractivity contribution in [2.45, 2.75) is 33.1 Å². The molecule has 0 radical (unpaired) electrons. The normalized spacial score (nSPS) is 10.8. The van der Waals surface area contributed by atoms with Crippen molar-refractivity contribution >= 4 is 33.9 Å². The predicted molar refractivity (Wildman–Crippen MR) is 114 cm³/mol. The van der Waals surface area contributed by atoms with Gasteiger partial charge in [0, 0.05) is 31.3 Å². The summed E-state index contributed by atoms with van der Waals surface area (Å²) >= 11 is 1.61. The lowest BCUT2D eigenvalue weighted by Gasteiger charge is -2.05. The SMILES string of the molecule is CC(=O)NCCCNC(=O)Cc1sc(Cc2cccc3ccccc23)nc1C. The Balaban J connectivity index is 1.58. The molecule has 0 saturated carbocycles. The van der Waals surface area contributed by atoms with Crippen molar-refractivity contribution in [2.24, 2.45) is 0 Å². The molecule has 0 aliphatic heterocycles. The van der Waals surface area contributed by atoms with Crippen LogP contribution in [0.4, 0.5) is 0 Å². The fourth-order valence-electron chi connectivity index (χ4n) is 3.13. The van der Waals surface area contributed by atoms with Crippen LogP contribution in [0.3, 0.4) is 0 Å². The molecule has 2 aromatic carbocycles. The van der Waals surface area contributed by atoms with Gasteiger partial charge in [0.1, 0.15) is 0 Å². The Morgan fingerprint density at radius 3 is 2.61 bits per heavy atom. The Bertz CT molecular complexity index is 976. The van der Waals surface area contributed by atoms with Crippen molar-refractivity contribution in [3.8, 4) is 0 Å². The second-order valence-corrected chi connectivity index (χ2v) is 7.96. The number of fused-ring (bicyclic) bond motifs is 1. The molecule has 0 spiro atoms. The third-order valence-electron chi connectivity index (χ3n) is 4.53. The van der Waals surface area contributed by atoms with Gasteiger partial charge in [-0.1, -0.05) is 42.5 Å². The molecule has 0 atom stereocenters. The maximum absolute atomic E-state index is 12.2. The highest BCUT2D eigenvalue weighted by molar-refractivity contribution is 7.11. The molecule has 0 aliphatic carbocycles. The first kappa shape index (κ1) is 20.0. The summed E-state index contributed by atoms with van der Waals surface area (Å²) in [5.41, 5.74) is 2.18. The molecule has 0 fully saturated rings. The summed E-state index contributed by atoms with van der Waals surface area (Å²) in [6, 6.07) is 14.7. The number of nitrogens with zero attached hydrogens (tertiary/aromatic N) is 1. The number of rotatable bonds is 8. The number of hydrogen-bond donors (Lipinski definition) is 2. The molecule has 0 aliphatic rings. The van der Waals surface area contributed by atoms with Gasteiger partial charge in [0.2, 0.25) is 11.8 Å². The molecule has 0 bridgehead atoms. The first-order valence-electron chi connectivity index (χ1n) is 9.46. The van der Waals surface area contributed by atoms with E-state index in [9.17, 15) is 9.59 Å². The van der Waals surface area contributed by atoms with Crippen LogP contribution in [-0.4, -0.2) is 29.9 Å². The van der Waals surface area contributed by atoms with Crippen molar-refractivity contribution in [3.05, 3.63) is 63.6 Å². The fourth-order valence-corrected chi connectivity index (χ4v) is 4.22. The lowest BCUT2D eigenvalue weighted by molar-refractivity contribution is -0.120. The number of carbonyl (C=O) groups excluding carboxylic acids is 2. The van der Waals surface area contributed by atoms with Gasteiger partial charge >= 0.3 is 0 Å². The van der Waals surface area contributed by atoms with E-state index in [-0.39, 0.29) is 11.8 Å². The molecule has 2 amide bonds. The standard InChI is InChI=1S/C22H25N3O2S/c1-15-20(14-21(27)24-12-6-11-23-16(2)26)28-22(25-15)13-18-9-5-8-17-7-3-4-10-19(17)18/h3-5,7-10H,6,11-14H2,1-2H3,(H,23,26)(H,24,27). The van der Waals surface area contributed by atoms with Gasteiger partial charge in [0.25, 0.3) is 0 Å². The maximum atomic E-state index is 12.2. The van der Waals surface area contributed by atoms with E-state index in [4.69, 9.17) is 0 Å². The summed E-state index contributed by atoms with van der Waals surface area (Å²) in [6.45, 7) is 4.58. The Morgan fingerprint density at radius 2 is 1.79 bits per heavy atom. The molecule has 1 heterocycles. The minimum atomic E-state index is -0.0506. The van der Waals surface area contributed by atoms with E-state index in [0.29, 0.717) is 19.5 Å². The van der Waals surface area contributed by atoms with E-state index in [2.05, 4.69) is 52.0 Å². The van der Waals surface area contributed by atoms with Crippen molar-refractivity contribution < 1.29 is 9.59 Å². The largest absolute Gasteiger partial charge is 0.356 e. The van der Waals surface area contributed by atoms with E-state index in [1.807, 2.05) is 13.0 Å². The predicted octanol–water partition coefficient (Wildman–Crippen LogP) is 3.38. The number of benzene rings is 2. The molecule has 5 nitrogen and oxygen atoms in total. The number of hydrogen-bond acceptors (Lipinski definition) is 4. The average Bonchev–Trinajstić information content (AvgIpc) is 3.00. The van der Waals surface area contributed by atoms with Crippen LogP contribution in [0.2, 0.25) is 0 Å². The van der Waals surface area contributed by atoms with E-state index in [0.717, 1.165) is 28.4 Å². The van der Waals surface area contributed by atoms with Crippen LogP contribution < -0.4 is 10.6 Å². The van der Waals surface area contributed by atoms with Crippen LogP contribution in [0, 0.1) is 6.92 Å². The first-order chi connectivity index (χ1) is 13.5. The lowest BCUT2D eigenvalue weighted by atomic mass is 10.0. The second kappa shape index (κ2) is 9.46. The highest BCUT2D eigenvalue weighted by Crippen LogP contribution is 2.25. The molecular weight excluding hydrogens is 370 g/mol. The Morgan fingerprint density at radius 1 is 1.04 bits per heavy atom. The molecule has 0 saturated heterocycles. The lowest BCUT2D eigenvalue weighted by Crippen LogP contribution is -2.29. The summed E-state index contributed by atoms with van der Waals surface area (Å²) in [7, 11) is 0. The molecule has 2 N–H and O–H groups in total. The molecule has 3 aromatic rings. The van der Waals surface area contributed by atoms with Gasteiger partial charge in [-0.3, -0.25) is 9.59 Å². The number of nitrogens with one attached hydrogen (secondary N) is 2. The smallest absolute Gasteiger partial charge is 0.225 e. The number of aromatic nitrogens is 1. The van der Waals surface area contributed by atoms with Gasteiger partial charge in [-0.05, 0) is 29.7 Å². The minimum Gasteiger partial charge on any atom is -0.356 e. The van der Waals surface area contributed by atoms with Crippen LogP contribution in [0.1, 0.15) is 34.5 Å². The third-order valence-corrected chi connectivity index (χ3v) is 5.69. The van der Waals surface area contributed by atoms with E-state index in [1.54, 1.807) is 11.3 Å². The van der Waals surface area contributed by atoms with Crippen LogP contribution in [0.15, 0.2) is 42.5 Å². The van der Waals surface area contributed by atoms with E-state index in [1.165, 1.54) is 23.3 Å². The van der Waals surface area contributed by atoms with Crippen molar-refractivity contribution in [3.63, 3.8) is 0 Å². The number of amides is 2. The summed E-state index contributed by atoms with van der Waals surface area (Å²) in [5.74, 6) is -0.0587. The van der Waals surface area contributed by atoms with Crippen molar-refractivity contribution in [1.29, 1.82) is 0 Å².